The van der Waals surface area contributed by atoms with E-state index in [1.807, 2.05) is 44.3 Å². The maximum Gasteiger partial charge on any atom is 0.227 e. The van der Waals surface area contributed by atoms with Crippen molar-refractivity contribution in [2.75, 3.05) is 20.3 Å². The van der Waals surface area contributed by atoms with Gasteiger partial charge in [-0.25, -0.2) is 0 Å². The zero-order valence-corrected chi connectivity index (χ0v) is 12.8. The number of likely N-dealkylation sites (N-methyl/N-ethyl adjacent to an activating group) is 1. The van der Waals surface area contributed by atoms with Gasteiger partial charge < -0.3 is 15.4 Å². The Kier molecular flexibility index (Phi) is 6.46. The van der Waals surface area contributed by atoms with Crippen LogP contribution < -0.4 is 5.73 Å². The molecule has 1 aromatic rings. The Hall–Kier alpha value is -1.10. The number of nitrogens with two attached hydrogens (primary N) is 1. The lowest BCUT2D eigenvalue weighted by Crippen LogP contribution is -2.43. The summed E-state index contributed by atoms with van der Waals surface area (Å²) in [7, 11) is 1.84. The third kappa shape index (κ3) is 3.72. The van der Waals surface area contributed by atoms with Gasteiger partial charge in [0.25, 0.3) is 0 Å². The van der Waals surface area contributed by atoms with Gasteiger partial charge in [0.15, 0.2) is 0 Å². The van der Waals surface area contributed by atoms with Crippen LogP contribution in [0.4, 0.5) is 0 Å². The minimum absolute atomic E-state index is 0. The van der Waals surface area contributed by atoms with Gasteiger partial charge in [-0.3, -0.25) is 4.79 Å². The topological polar surface area (TPSA) is 55.6 Å². The maximum atomic E-state index is 12.4. The highest BCUT2D eigenvalue weighted by atomic mass is 35.5. The Labute approximate surface area is 126 Å². The summed E-state index contributed by atoms with van der Waals surface area (Å²) in [6.45, 7) is 3.27. The molecule has 1 amide bonds. The fourth-order valence-corrected chi connectivity index (χ4v) is 2.45. The van der Waals surface area contributed by atoms with Crippen LogP contribution in [-0.2, 0) is 9.53 Å². The van der Waals surface area contributed by atoms with E-state index >= 15 is 0 Å². The van der Waals surface area contributed by atoms with Crippen LogP contribution in [0.1, 0.15) is 24.9 Å². The van der Waals surface area contributed by atoms with Gasteiger partial charge in [-0.05, 0) is 12.0 Å². The molecule has 2 rings (SSSR count). The minimum Gasteiger partial charge on any atom is -0.379 e. The molecule has 0 aliphatic carbocycles. The number of carbonyl (C=O) groups excluding carboxylic acids is 1. The summed E-state index contributed by atoms with van der Waals surface area (Å²) < 4.78 is 5.33. The molecule has 0 spiro atoms. The molecule has 0 radical (unpaired) electrons. The molecule has 0 bridgehead atoms. The fourth-order valence-electron chi connectivity index (χ4n) is 2.45. The average Bonchev–Trinajstić information content (AvgIpc) is 2.99. The van der Waals surface area contributed by atoms with Crippen molar-refractivity contribution in [2.24, 2.45) is 11.7 Å². The molecule has 1 heterocycles. The molecule has 0 saturated carbocycles. The largest absolute Gasteiger partial charge is 0.379 e. The molecule has 2 N–H and O–H groups in total. The number of carbonyl (C=O) groups is 1. The predicted octanol–water partition coefficient (Wildman–Crippen LogP) is 1.99. The molecule has 112 valence electrons. The monoisotopic (exact) mass is 298 g/mol. The Bertz CT molecular complexity index is 421. The van der Waals surface area contributed by atoms with Gasteiger partial charge in [0.1, 0.15) is 0 Å². The summed E-state index contributed by atoms with van der Waals surface area (Å²) >= 11 is 0. The van der Waals surface area contributed by atoms with E-state index < -0.39 is 0 Å². The van der Waals surface area contributed by atoms with Gasteiger partial charge in [0.2, 0.25) is 5.91 Å². The molecular weight excluding hydrogens is 276 g/mol. The molecule has 1 aliphatic heterocycles. The molecule has 1 saturated heterocycles. The number of hydrogen-bond acceptors (Lipinski definition) is 3. The molecule has 0 aromatic heterocycles. The number of amides is 1. The van der Waals surface area contributed by atoms with Gasteiger partial charge in [-0.15, -0.1) is 12.4 Å². The Balaban J connectivity index is 0.00000200. The normalized spacial score (nSPS) is 20.9. The van der Waals surface area contributed by atoms with E-state index in [4.69, 9.17) is 10.5 Å². The van der Waals surface area contributed by atoms with Crippen LogP contribution in [0.2, 0.25) is 0 Å². The molecule has 5 heteroatoms. The van der Waals surface area contributed by atoms with Crippen LogP contribution in [0.25, 0.3) is 0 Å². The first-order chi connectivity index (χ1) is 9.11. The maximum absolute atomic E-state index is 12.4. The molecule has 20 heavy (non-hydrogen) atoms. The van der Waals surface area contributed by atoms with E-state index in [0.717, 1.165) is 18.6 Å². The van der Waals surface area contributed by atoms with Crippen LogP contribution in [0.3, 0.4) is 0 Å². The number of nitrogens with zero attached hydrogens (tertiary/aromatic N) is 1. The second-order valence-corrected chi connectivity index (χ2v) is 5.19. The van der Waals surface area contributed by atoms with E-state index in [-0.39, 0.29) is 36.3 Å². The Morgan fingerprint density at radius 3 is 2.60 bits per heavy atom. The van der Waals surface area contributed by atoms with E-state index in [2.05, 4.69) is 0 Å². The van der Waals surface area contributed by atoms with Crippen molar-refractivity contribution in [1.82, 2.24) is 4.90 Å². The second-order valence-electron chi connectivity index (χ2n) is 5.19. The van der Waals surface area contributed by atoms with Gasteiger partial charge in [-0.2, -0.15) is 0 Å². The quantitative estimate of drug-likeness (QED) is 0.925. The molecule has 3 unspecified atom stereocenters. The number of benzene rings is 1. The predicted molar refractivity (Wildman–Crippen MR) is 81.8 cm³/mol. The number of halogens is 1. The number of rotatable bonds is 4. The molecule has 1 fully saturated rings. The Morgan fingerprint density at radius 2 is 2.05 bits per heavy atom. The fraction of sp³-hybridized carbons (Fsp3) is 0.533. The van der Waals surface area contributed by atoms with Crippen LogP contribution in [0.5, 0.6) is 0 Å². The van der Waals surface area contributed by atoms with Crippen LogP contribution in [-0.4, -0.2) is 37.1 Å². The van der Waals surface area contributed by atoms with Gasteiger partial charge in [0.05, 0.1) is 18.6 Å². The standard InChI is InChI=1S/C15H22N2O2.ClH/c1-11(14(16)12-6-4-3-5-7-12)15(18)17(2)13-8-9-19-10-13;/h3-7,11,13-14H,8-10,16H2,1-2H3;1H. The molecular formula is C15H23ClN2O2. The summed E-state index contributed by atoms with van der Waals surface area (Å²) in [5.74, 6) is -0.139. The third-order valence-electron chi connectivity index (χ3n) is 3.91. The number of hydrogen-bond donors (Lipinski definition) is 1. The van der Waals surface area contributed by atoms with Crippen molar-refractivity contribution in [2.45, 2.75) is 25.4 Å². The first kappa shape index (κ1) is 17.0. The summed E-state index contributed by atoms with van der Waals surface area (Å²) in [6, 6.07) is 9.70. The van der Waals surface area contributed by atoms with E-state index in [9.17, 15) is 4.79 Å². The highest BCUT2D eigenvalue weighted by Crippen LogP contribution is 2.22. The van der Waals surface area contributed by atoms with Crippen LogP contribution in [0.15, 0.2) is 30.3 Å². The van der Waals surface area contributed by atoms with Crippen molar-refractivity contribution in [3.63, 3.8) is 0 Å². The van der Waals surface area contributed by atoms with Crippen LogP contribution in [0, 0.1) is 5.92 Å². The molecule has 3 atom stereocenters. The van der Waals surface area contributed by atoms with E-state index in [1.54, 1.807) is 4.90 Å². The van der Waals surface area contributed by atoms with Crippen molar-refractivity contribution >= 4 is 18.3 Å². The van der Waals surface area contributed by atoms with Crippen LogP contribution >= 0.6 is 12.4 Å². The molecule has 4 nitrogen and oxygen atoms in total. The first-order valence-corrected chi connectivity index (χ1v) is 6.76. The Morgan fingerprint density at radius 1 is 1.40 bits per heavy atom. The summed E-state index contributed by atoms with van der Waals surface area (Å²) in [5, 5.41) is 0. The zero-order chi connectivity index (χ0) is 13.8. The van der Waals surface area contributed by atoms with Gasteiger partial charge >= 0.3 is 0 Å². The van der Waals surface area contributed by atoms with E-state index in [0.29, 0.717) is 6.61 Å². The average molecular weight is 299 g/mol. The summed E-state index contributed by atoms with van der Waals surface area (Å²) in [6.07, 6.45) is 0.912. The van der Waals surface area contributed by atoms with E-state index in [1.165, 1.54) is 0 Å². The van der Waals surface area contributed by atoms with Crippen molar-refractivity contribution < 1.29 is 9.53 Å². The number of ether oxygens (including phenoxy) is 1. The highest BCUT2D eigenvalue weighted by molar-refractivity contribution is 5.85. The van der Waals surface area contributed by atoms with Crippen molar-refractivity contribution in [3.05, 3.63) is 35.9 Å². The minimum atomic E-state index is -0.265. The lowest BCUT2D eigenvalue weighted by molar-refractivity contribution is -0.136. The molecule has 1 aliphatic rings. The lowest BCUT2D eigenvalue weighted by Gasteiger charge is -2.29. The second kappa shape index (κ2) is 7.62. The molecule has 1 aromatic carbocycles. The first-order valence-electron chi connectivity index (χ1n) is 6.76. The van der Waals surface area contributed by atoms with Crippen molar-refractivity contribution in [1.29, 1.82) is 0 Å². The summed E-state index contributed by atoms with van der Waals surface area (Å²) in [4.78, 5) is 14.2. The SMILES string of the molecule is CC(C(=O)N(C)C1CCOC1)C(N)c1ccccc1.Cl. The smallest absolute Gasteiger partial charge is 0.227 e. The van der Waals surface area contributed by atoms with Gasteiger partial charge in [-0.1, -0.05) is 37.3 Å². The lowest BCUT2D eigenvalue weighted by atomic mass is 9.94. The zero-order valence-electron chi connectivity index (χ0n) is 12.0. The third-order valence-corrected chi connectivity index (χ3v) is 3.91. The summed E-state index contributed by atoms with van der Waals surface area (Å²) in [5.41, 5.74) is 7.20. The van der Waals surface area contributed by atoms with Gasteiger partial charge in [0, 0.05) is 19.7 Å². The van der Waals surface area contributed by atoms with Crippen molar-refractivity contribution in [3.8, 4) is 0 Å². The highest BCUT2D eigenvalue weighted by Gasteiger charge is 2.30.